The van der Waals surface area contributed by atoms with E-state index in [1.165, 1.54) is 33.0 Å². The number of hydrogen-bond acceptors (Lipinski definition) is 4. The Morgan fingerprint density at radius 3 is 2.08 bits per heavy atom. The Morgan fingerprint density at radius 2 is 1.28 bits per heavy atom. The number of anilines is 4. The first kappa shape index (κ1) is 39.3. The smallest absolute Gasteiger partial charge is 0.135 e. The summed E-state index contributed by atoms with van der Waals surface area (Å²) in [7, 11) is 0. The number of rotatable bonds is 6. The maximum atomic E-state index is 6.65. The summed E-state index contributed by atoms with van der Waals surface area (Å²) in [6.45, 7) is 15.7. The van der Waals surface area contributed by atoms with Crippen molar-refractivity contribution >= 4 is 55.3 Å². The number of para-hydroxylation sites is 1. The van der Waals surface area contributed by atoms with E-state index in [4.69, 9.17) is 9.72 Å². The van der Waals surface area contributed by atoms with Crippen molar-refractivity contribution in [3.63, 3.8) is 0 Å². The van der Waals surface area contributed by atoms with Gasteiger partial charge in [-0.2, -0.15) is 12.1 Å². The SMILES string of the molecule is CC(C)(C)c1ccnc(-n2c3[c-]c(Oc4[c-]c(N5[CH-]N(c6cc(C(C)(C)C)ccc6-c6ccccc6)c6c5ccc5ccccc65)ccc4)ccc3c3ccccc32)c1.[Pt]. The van der Waals surface area contributed by atoms with E-state index in [1.54, 1.807) is 0 Å². The number of nitrogens with zero attached hydrogens (tertiary/aromatic N) is 4. The van der Waals surface area contributed by atoms with Crippen molar-refractivity contribution in [3.05, 3.63) is 188 Å². The molecule has 60 heavy (non-hydrogen) atoms. The number of hydrogen-bond donors (Lipinski definition) is 0. The molecule has 7 aromatic carbocycles. The molecule has 1 aliphatic heterocycles. The molecule has 0 N–H and O–H groups in total. The number of benzene rings is 7. The molecule has 0 saturated carbocycles. The van der Waals surface area contributed by atoms with E-state index < -0.39 is 0 Å². The summed E-state index contributed by atoms with van der Waals surface area (Å²) in [4.78, 5) is 9.44. The van der Waals surface area contributed by atoms with Crippen molar-refractivity contribution in [2.45, 2.75) is 52.4 Å². The monoisotopic (exact) mass is 960 g/mol. The van der Waals surface area contributed by atoms with Gasteiger partial charge in [-0.15, -0.1) is 48.1 Å². The zero-order chi connectivity index (χ0) is 40.5. The summed E-state index contributed by atoms with van der Waals surface area (Å²) in [6.07, 6.45) is 1.90. The number of aromatic nitrogens is 2. The molecule has 9 aromatic rings. The van der Waals surface area contributed by atoms with E-state index in [1.807, 2.05) is 24.4 Å². The van der Waals surface area contributed by atoms with Crippen LogP contribution in [0.15, 0.2) is 158 Å². The van der Waals surface area contributed by atoms with Gasteiger partial charge < -0.3 is 19.1 Å². The van der Waals surface area contributed by atoms with Crippen LogP contribution < -0.4 is 14.5 Å². The molecular weight excluding hydrogens is 916 g/mol. The molecule has 0 amide bonds. The molecule has 0 bridgehead atoms. The second-order valence-corrected chi connectivity index (χ2v) is 17.5. The Bertz CT molecular complexity index is 3050. The van der Waals surface area contributed by atoms with Gasteiger partial charge in [0.05, 0.1) is 0 Å². The van der Waals surface area contributed by atoms with Crippen LogP contribution in [0.25, 0.3) is 49.5 Å². The summed E-state index contributed by atoms with van der Waals surface area (Å²) in [5.41, 5.74) is 10.9. The molecule has 0 fully saturated rings. The minimum Gasteiger partial charge on any atom is -0.509 e. The second kappa shape index (κ2) is 15.1. The van der Waals surface area contributed by atoms with E-state index in [-0.39, 0.29) is 31.9 Å². The summed E-state index contributed by atoms with van der Waals surface area (Å²) in [5.74, 6) is 2.06. The largest absolute Gasteiger partial charge is 0.509 e. The topological polar surface area (TPSA) is 33.5 Å². The van der Waals surface area contributed by atoms with Gasteiger partial charge in [0.2, 0.25) is 0 Å². The molecule has 5 nitrogen and oxygen atoms in total. The average Bonchev–Trinajstić information content (AvgIpc) is 3.80. The van der Waals surface area contributed by atoms with E-state index in [2.05, 4.69) is 208 Å². The van der Waals surface area contributed by atoms with Gasteiger partial charge in [-0.05, 0) is 68.6 Å². The number of pyridine rings is 1. The van der Waals surface area contributed by atoms with Crippen LogP contribution >= 0.6 is 0 Å². The van der Waals surface area contributed by atoms with Crippen molar-refractivity contribution < 1.29 is 25.8 Å². The van der Waals surface area contributed by atoms with Gasteiger partial charge in [-0.3, -0.25) is 0 Å². The number of fused-ring (bicyclic) bond motifs is 6. The Hall–Kier alpha value is -6.16. The van der Waals surface area contributed by atoms with Gasteiger partial charge in [-0.25, -0.2) is 4.98 Å². The van der Waals surface area contributed by atoms with Crippen LogP contribution in [-0.2, 0) is 31.9 Å². The summed E-state index contributed by atoms with van der Waals surface area (Å²) in [6, 6.07) is 60.8. The molecule has 10 rings (SSSR count). The molecular formula is C54H45N4OPt-3. The van der Waals surface area contributed by atoms with Crippen molar-refractivity contribution in [2.75, 3.05) is 9.80 Å². The van der Waals surface area contributed by atoms with Gasteiger partial charge >= 0.3 is 0 Å². The standard InChI is InChI=1S/C54H45N4O.Pt/c1-53(2,3)38-24-26-43(36-15-8-7-9-16-36)49(31-38)57-35-56(48-28-23-37-17-10-11-20-44(37)52(48)57)40-18-14-19-41(33-40)59-42-25-27-46-45-21-12-13-22-47(45)58(50(46)34-42)51-32-39(29-30-55-51)54(4,5)6;/h7-32,35H,1-6H3;/q-3;. The van der Waals surface area contributed by atoms with Crippen molar-refractivity contribution in [1.82, 2.24) is 9.55 Å². The van der Waals surface area contributed by atoms with Crippen LogP contribution in [0.3, 0.4) is 0 Å². The van der Waals surface area contributed by atoms with Crippen LogP contribution in [-0.4, -0.2) is 9.55 Å². The maximum Gasteiger partial charge on any atom is 0.135 e. The van der Waals surface area contributed by atoms with Crippen molar-refractivity contribution in [3.8, 4) is 28.4 Å². The molecule has 300 valence electrons. The van der Waals surface area contributed by atoms with Crippen LogP contribution in [0, 0.1) is 18.8 Å². The van der Waals surface area contributed by atoms with Gasteiger partial charge in [0.1, 0.15) is 5.82 Å². The summed E-state index contributed by atoms with van der Waals surface area (Å²) in [5, 5.41) is 4.60. The minimum atomic E-state index is -0.0359. The molecule has 0 radical (unpaired) electrons. The van der Waals surface area contributed by atoms with E-state index >= 15 is 0 Å². The fourth-order valence-electron chi connectivity index (χ4n) is 8.29. The third kappa shape index (κ3) is 6.95. The van der Waals surface area contributed by atoms with Gasteiger partial charge in [0.15, 0.2) is 0 Å². The first-order chi connectivity index (χ1) is 28.5. The van der Waals surface area contributed by atoms with Crippen LogP contribution in [0.1, 0.15) is 52.7 Å². The normalized spacial score (nSPS) is 12.9. The molecule has 6 heteroatoms. The predicted molar refractivity (Wildman–Crippen MR) is 245 cm³/mol. The third-order valence-electron chi connectivity index (χ3n) is 11.4. The first-order valence-corrected chi connectivity index (χ1v) is 20.3. The molecule has 0 saturated heterocycles. The van der Waals surface area contributed by atoms with Crippen LogP contribution in [0.4, 0.5) is 22.7 Å². The fraction of sp³-hybridized carbons (Fsp3) is 0.148. The third-order valence-corrected chi connectivity index (χ3v) is 11.4. The fourth-order valence-corrected chi connectivity index (χ4v) is 8.29. The second-order valence-electron chi connectivity index (χ2n) is 17.5. The zero-order valence-corrected chi connectivity index (χ0v) is 36.9. The Kier molecular flexibility index (Phi) is 9.92. The zero-order valence-electron chi connectivity index (χ0n) is 34.6. The predicted octanol–water partition coefficient (Wildman–Crippen LogP) is 14.4. The Labute approximate surface area is 367 Å². The van der Waals surface area contributed by atoms with E-state index in [0.717, 1.165) is 50.4 Å². The summed E-state index contributed by atoms with van der Waals surface area (Å²) >= 11 is 0. The quantitative estimate of drug-likeness (QED) is 0.156. The molecule has 0 aliphatic carbocycles. The van der Waals surface area contributed by atoms with Gasteiger partial charge in [0, 0.05) is 72.3 Å². The molecule has 0 atom stereocenters. The van der Waals surface area contributed by atoms with E-state index in [0.29, 0.717) is 11.5 Å². The Balaban J connectivity index is 0.00000462. The van der Waals surface area contributed by atoms with E-state index in [9.17, 15) is 0 Å². The van der Waals surface area contributed by atoms with Gasteiger partial charge in [0.25, 0.3) is 0 Å². The molecule has 2 aromatic heterocycles. The maximum absolute atomic E-state index is 6.65. The molecule has 0 spiro atoms. The minimum absolute atomic E-state index is 0. The van der Waals surface area contributed by atoms with Crippen molar-refractivity contribution in [2.24, 2.45) is 0 Å². The first-order valence-electron chi connectivity index (χ1n) is 20.3. The summed E-state index contributed by atoms with van der Waals surface area (Å²) < 4.78 is 8.85. The average molecular weight is 961 g/mol. The molecule has 3 heterocycles. The Morgan fingerprint density at radius 1 is 0.567 bits per heavy atom. The van der Waals surface area contributed by atoms with Crippen LogP contribution in [0.5, 0.6) is 11.5 Å². The van der Waals surface area contributed by atoms with Crippen molar-refractivity contribution in [1.29, 1.82) is 0 Å². The van der Waals surface area contributed by atoms with Gasteiger partial charge in [-0.1, -0.05) is 138 Å². The molecule has 0 unspecified atom stereocenters. The number of ether oxygens (including phenoxy) is 1. The van der Waals surface area contributed by atoms with Crippen LogP contribution in [0.2, 0.25) is 0 Å². The molecule has 1 aliphatic rings.